The standard InChI is InChI=1S/C15H22N2O2/c1-17-9-7-14(8-10-17)19-15(18)6-5-12-3-2-4-13(16)11-12/h2-4,11,14H,5-10,16H2,1H3. The van der Waals surface area contributed by atoms with Gasteiger partial charge in [0.25, 0.3) is 0 Å². The molecule has 104 valence electrons. The Morgan fingerprint density at radius 1 is 1.42 bits per heavy atom. The van der Waals surface area contributed by atoms with Crippen molar-refractivity contribution in [3.05, 3.63) is 29.8 Å². The second-order valence-corrected chi connectivity index (χ2v) is 5.24. The van der Waals surface area contributed by atoms with Crippen LogP contribution in [0.3, 0.4) is 0 Å². The van der Waals surface area contributed by atoms with Crippen molar-refractivity contribution in [2.75, 3.05) is 25.9 Å². The van der Waals surface area contributed by atoms with Crippen LogP contribution in [0.5, 0.6) is 0 Å². The maximum Gasteiger partial charge on any atom is 0.306 e. The fourth-order valence-electron chi connectivity index (χ4n) is 2.34. The maximum absolute atomic E-state index is 11.8. The zero-order valence-electron chi connectivity index (χ0n) is 11.5. The van der Waals surface area contributed by atoms with Crippen LogP contribution in [0.15, 0.2) is 24.3 Å². The molecule has 1 fully saturated rings. The fourth-order valence-corrected chi connectivity index (χ4v) is 2.34. The quantitative estimate of drug-likeness (QED) is 0.664. The van der Waals surface area contributed by atoms with Crippen molar-refractivity contribution < 1.29 is 9.53 Å². The van der Waals surface area contributed by atoms with E-state index < -0.39 is 0 Å². The van der Waals surface area contributed by atoms with Crippen LogP contribution in [0.4, 0.5) is 5.69 Å². The average molecular weight is 262 g/mol. The average Bonchev–Trinajstić information content (AvgIpc) is 2.39. The molecule has 0 atom stereocenters. The summed E-state index contributed by atoms with van der Waals surface area (Å²) in [5.41, 5.74) is 7.53. The summed E-state index contributed by atoms with van der Waals surface area (Å²) in [5, 5.41) is 0. The lowest BCUT2D eigenvalue weighted by atomic mass is 10.1. The highest BCUT2D eigenvalue weighted by molar-refractivity contribution is 5.70. The van der Waals surface area contributed by atoms with E-state index in [9.17, 15) is 4.79 Å². The van der Waals surface area contributed by atoms with Crippen LogP contribution in [-0.4, -0.2) is 37.1 Å². The first kappa shape index (κ1) is 13.9. The molecule has 1 aromatic carbocycles. The summed E-state index contributed by atoms with van der Waals surface area (Å²) in [5.74, 6) is -0.100. The molecule has 0 unspecified atom stereocenters. The van der Waals surface area contributed by atoms with Crippen LogP contribution in [0.25, 0.3) is 0 Å². The number of esters is 1. The number of hydrogen-bond donors (Lipinski definition) is 1. The summed E-state index contributed by atoms with van der Waals surface area (Å²) in [6.45, 7) is 2.01. The van der Waals surface area contributed by atoms with Crippen molar-refractivity contribution >= 4 is 11.7 Å². The smallest absolute Gasteiger partial charge is 0.306 e. The highest BCUT2D eigenvalue weighted by Crippen LogP contribution is 2.14. The Morgan fingerprint density at radius 2 is 2.16 bits per heavy atom. The van der Waals surface area contributed by atoms with Gasteiger partial charge in [0.05, 0.1) is 0 Å². The first-order valence-electron chi connectivity index (χ1n) is 6.86. The number of piperidine rings is 1. The zero-order chi connectivity index (χ0) is 13.7. The first-order valence-corrected chi connectivity index (χ1v) is 6.86. The summed E-state index contributed by atoms with van der Waals surface area (Å²) in [4.78, 5) is 14.0. The van der Waals surface area contributed by atoms with Crippen molar-refractivity contribution in [1.29, 1.82) is 0 Å². The molecule has 0 radical (unpaired) electrons. The van der Waals surface area contributed by atoms with Crippen molar-refractivity contribution in [3.8, 4) is 0 Å². The van der Waals surface area contributed by atoms with Gasteiger partial charge < -0.3 is 15.4 Å². The molecule has 2 rings (SSSR count). The van der Waals surface area contributed by atoms with Crippen LogP contribution >= 0.6 is 0 Å². The molecule has 1 aromatic rings. The Labute approximate surface area is 114 Å². The predicted octanol–water partition coefficient (Wildman–Crippen LogP) is 1.84. The summed E-state index contributed by atoms with van der Waals surface area (Å²) in [7, 11) is 2.10. The molecule has 19 heavy (non-hydrogen) atoms. The Bertz CT molecular complexity index is 426. The third-order valence-corrected chi connectivity index (χ3v) is 3.53. The highest BCUT2D eigenvalue weighted by atomic mass is 16.5. The van der Waals surface area contributed by atoms with E-state index in [1.807, 2.05) is 24.3 Å². The lowest BCUT2D eigenvalue weighted by Crippen LogP contribution is -2.35. The van der Waals surface area contributed by atoms with E-state index in [-0.39, 0.29) is 12.1 Å². The molecule has 1 heterocycles. The number of benzene rings is 1. The Balaban J connectivity index is 1.73. The summed E-state index contributed by atoms with van der Waals surface area (Å²) in [6.07, 6.45) is 3.11. The van der Waals surface area contributed by atoms with Crippen LogP contribution in [-0.2, 0) is 16.0 Å². The number of nitrogens with two attached hydrogens (primary N) is 1. The van der Waals surface area contributed by atoms with Gasteiger partial charge in [-0.2, -0.15) is 0 Å². The first-order chi connectivity index (χ1) is 9.13. The predicted molar refractivity (Wildman–Crippen MR) is 75.8 cm³/mol. The van der Waals surface area contributed by atoms with Gasteiger partial charge in [-0.05, 0) is 44.0 Å². The number of hydrogen-bond acceptors (Lipinski definition) is 4. The second kappa shape index (κ2) is 6.57. The second-order valence-electron chi connectivity index (χ2n) is 5.24. The Morgan fingerprint density at radius 3 is 2.84 bits per heavy atom. The van der Waals surface area contributed by atoms with Gasteiger partial charge in [-0.3, -0.25) is 4.79 Å². The molecule has 1 saturated heterocycles. The van der Waals surface area contributed by atoms with Crippen molar-refractivity contribution in [2.24, 2.45) is 0 Å². The van der Waals surface area contributed by atoms with Crippen LogP contribution in [0.2, 0.25) is 0 Å². The molecule has 4 nitrogen and oxygen atoms in total. The molecule has 1 aliphatic rings. The van der Waals surface area contributed by atoms with Gasteiger partial charge in [0.2, 0.25) is 0 Å². The van der Waals surface area contributed by atoms with Crippen molar-refractivity contribution in [2.45, 2.75) is 31.8 Å². The normalized spacial score (nSPS) is 17.3. The fraction of sp³-hybridized carbons (Fsp3) is 0.533. The number of nitrogens with zero attached hydrogens (tertiary/aromatic N) is 1. The molecule has 0 aromatic heterocycles. The Kier molecular flexibility index (Phi) is 4.80. The van der Waals surface area contributed by atoms with E-state index in [2.05, 4.69) is 11.9 Å². The summed E-state index contributed by atoms with van der Waals surface area (Å²) >= 11 is 0. The van der Waals surface area contributed by atoms with Gasteiger partial charge in [0.1, 0.15) is 6.10 Å². The third kappa shape index (κ3) is 4.56. The van der Waals surface area contributed by atoms with Crippen LogP contribution < -0.4 is 5.73 Å². The number of anilines is 1. The lowest BCUT2D eigenvalue weighted by Gasteiger charge is -2.28. The maximum atomic E-state index is 11.8. The van der Waals surface area contributed by atoms with Crippen molar-refractivity contribution in [1.82, 2.24) is 4.90 Å². The minimum Gasteiger partial charge on any atom is -0.462 e. The van der Waals surface area contributed by atoms with Gasteiger partial charge in [-0.25, -0.2) is 0 Å². The molecule has 4 heteroatoms. The van der Waals surface area contributed by atoms with Gasteiger partial charge in [0, 0.05) is 25.2 Å². The van der Waals surface area contributed by atoms with Gasteiger partial charge >= 0.3 is 5.97 Å². The molecular formula is C15H22N2O2. The number of nitrogen functional groups attached to an aromatic ring is 1. The van der Waals surface area contributed by atoms with E-state index in [4.69, 9.17) is 10.5 Å². The highest BCUT2D eigenvalue weighted by Gasteiger charge is 2.19. The van der Waals surface area contributed by atoms with Gasteiger partial charge in [-0.1, -0.05) is 12.1 Å². The molecular weight excluding hydrogens is 240 g/mol. The van der Waals surface area contributed by atoms with Gasteiger partial charge in [0.15, 0.2) is 0 Å². The minimum absolute atomic E-state index is 0.100. The number of likely N-dealkylation sites (tertiary alicyclic amines) is 1. The van der Waals surface area contributed by atoms with E-state index >= 15 is 0 Å². The number of rotatable bonds is 4. The van der Waals surface area contributed by atoms with E-state index in [1.54, 1.807) is 0 Å². The molecule has 1 aliphatic heterocycles. The minimum atomic E-state index is -0.100. The monoisotopic (exact) mass is 262 g/mol. The SMILES string of the molecule is CN1CCC(OC(=O)CCc2cccc(N)c2)CC1. The zero-order valence-corrected chi connectivity index (χ0v) is 11.5. The van der Waals surface area contributed by atoms with Crippen molar-refractivity contribution in [3.63, 3.8) is 0 Å². The molecule has 0 aliphatic carbocycles. The van der Waals surface area contributed by atoms with E-state index in [0.29, 0.717) is 12.8 Å². The lowest BCUT2D eigenvalue weighted by molar-refractivity contribution is -0.151. The topological polar surface area (TPSA) is 55.6 Å². The number of aryl methyl sites for hydroxylation is 1. The Hall–Kier alpha value is -1.55. The van der Waals surface area contributed by atoms with Gasteiger partial charge in [-0.15, -0.1) is 0 Å². The molecule has 0 saturated carbocycles. The van der Waals surface area contributed by atoms with Crippen LogP contribution in [0.1, 0.15) is 24.8 Å². The number of carbonyl (C=O) groups is 1. The summed E-state index contributed by atoms with van der Waals surface area (Å²) in [6, 6.07) is 7.65. The number of ether oxygens (including phenoxy) is 1. The van der Waals surface area contributed by atoms with E-state index in [1.165, 1.54) is 0 Å². The summed E-state index contributed by atoms with van der Waals surface area (Å²) < 4.78 is 5.49. The molecule has 0 bridgehead atoms. The molecule has 0 spiro atoms. The largest absolute Gasteiger partial charge is 0.462 e. The van der Waals surface area contributed by atoms with E-state index in [0.717, 1.165) is 37.2 Å². The molecule has 0 amide bonds. The van der Waals surface area contributed by atoms with Crippen LogP contribution in [0, 0.1) is 0 Å². The number of carbonyl (C=O) groups excluding carboxylic acids is 1. The third-order valence-electron chi connectivity index (χ3n) is 3.53. The molecule has 2 N–H and O–H groups in total.